The first-order valence-electron chi connectivity index (χ1n) is 9.55. The van der Waals surface area contributed by atoms with Crippen LogP contribution in [-0.2, 0) is 12.8 Å². The molecular weight excluding hydrogens is 490 g/mol. The molecule has 0 bridgehead atoms. The van der Waals surface area contributed by atoms with Gasteiger partial charge in [0.25, 0.3) is 0 Å². The Hall–Kier alpha value is -1.49. The Morgan fingerprint density at radius 3 is 2.61 bits per heavy atom. The molecule has 1 aromatic carbocycles. The molecule has 154 valence electrons. The molecule has 0 spiro atoms. The third kappa shape index (κ3) is 6.00. The van der Waals surface area contributed by atoms with Crippen LogP contribution in [0.4, 0.5) is 9.52 Å². The minimum absolute atomic E-state index is 0. The third-order valence-electron chi connectivity index (χ3n) is 4.56. The van der Waals surface area contributed by atoms with Crippen molar-refractivity contribution in [2.75, 3.05) is 44.2 Å². The van der Waals surface area contributed by atoms with Gasteiger partial charge in [0.2, 0.25) is 5.13 Å². The van der Waals surface area contributed by atoms with E-state index >= 15 is 0 Å². The molecule has 2 heterocycles. The van der Waals surface area contributed by atoms with Crippen molar-refractivity contribution in [1.82, 2.24) is 19.6 Å². The minimum Gasteiger partial charge on any atom is -0.357 e. The van der Waals surface area contributed by atoms with Crippen molar-refractivity contribution in [3.8, 4) is 0 Å². The molecular formula is C19H28FIN6S. The molecule has 9 heteroatoms. The van der Waals surface area contributed by atoms with Crippen LogP contribution >= 0.6 is 35.5 Å². The van der Waals surface area contributed by atoms with Crippen LogP contribution in [-0.4, -0.2) is 59.5 Å². The number of piperazine rings is 1. The summed E-state index contributed by atoms with van der Waals surface area (Å²) >= 11 is 1.48. The smallest absolute Gasteiger partial charge is 0.205 e. The Morgan fingerprint density at radius 2 is 1.96 bits per heavy atom. The van der Waals surface area contributed by atoms with Crippen molar-refractivity contribution in [1.29, 1.82) is 0 Å². The average Bonchev–Trinajstić information content (AvgIpc) is 3.18. The number of hydrogen-bond donors (Lipinski definition) is 1. The summed E-state index contributed by atoms with van der Waals surface area (Å²) < 4.78 is 18.1. The Labute approximate surface area is 187 Å². The van der Waals surface area contributed by atoms with Crippen molar-refractivity contribution in [3.63, 3.8) is 0 Å². The van der Waals surface area contributed by atoms with Gasteiger partial charge in [-0.15, -0.1) is 24.0 Å². The Balaban J connectivity index is 0.00000280. The first-order chi connectivity index (χ1) is 13.2. The molecule has 0 amide bonds. The van der Waals surface area contributed by atoms with Crippen molar-refractivity contribution < 1.29 is 4.39 Å². The first kappa shape index (κ1) is 22.8. The molecule has 1 N–H and O–H groups in total. The zero-order valence-electron chi connectivity index (χ0n) is 16.4. The summed E-state index contributed by atoms with van der Waals surface area (Å²) in [5.41, 5.74) is 0.713. The van der Waals surface area contributed by atoms with E-state index in [2.05, 4.69) is 38.3 Å². The highest BCUT2D eigenvalue weighted by Gasteiger charge is 2.22. The lowest BCUT2D eigenvalue weighted by Crippen LogP contribution is -2.52. The molecule has 0 unspecified atom stereocenters. The van der Waals surface area contributed by atoms with E-state index < -0.39 is 0 Å². The van der Waals surface area contributed by atoms with Gasteiger partial charge in [0.15, 0.2) is 5.96 Å². The first-order valence-corrected chi connectivity index (χ1v) is 10.3. The van der Waals surface area contributed by atoms with E-state index in [1.165, 1.54) is 17.6 Å². The number of guanidine groups is 1. The van der Waals surface area contributed by atoms with Gasteiger partial charge in [0.1, 0.15) is 11.6 Å². The molecule has 28 heavy (non-hydrogen) atoms. The van der Waals surface area contributed by atoms with Crippen LogP contribution < -0.4 is 10.2 Å². The Bertz CT molecular complexity index is 760. The van der Waals surface area contributed by atoms with Crippen LogP contribution in [0, 0.1) is 5.82 Å². The zero-order chi connectivity index (χ0) is 19.1. The van der Waals surface area contributed by atoms with Crippen molar-refractivity contribution in [3.05, 3.63) is 41.5 Å². The molecule has 1 aromatic heterocycles. The van der Waals surface area contributed by atoms with Gasteiger partial charge in [-0.2, -0.15) is 4.37 Å². The van der Waals surface area contributed by atoms with Gasteiger partial charge in [0.05, 0.1) is 0 Å². The number of nitrogens with zero attached hydrogens (tertiary/aromatic N) is 5. The predicted octanol–water partition coefficient (Wildman–Crippen LogP) is 3.19. The topological polar surface area (TPSA) is 56.7 Å². The van der Waals surface area contributed by atoms with Crippen LogP contribution in [0.3, 0.4) is 0 Å². The number of hydrogen-bond acceptors (Lipinski definition) is 5. The van der Waals surface area contributed by atoms with Crippen LogP contribution in [0.2, 0.25) is 0 Å². The molecule has 6 nitrogen and oxygen atoms in total. The summed E-state index contributed by atoms with van der Waals surface area (Å²) in [4.78, 5) is 13.8. The molecule has 3 rings (SSSR count). The van der Waals surface area contributed by atoms with Gasteiger partial charge < -0.3 is 15.1 Å². The van der Waals surface area contributed by atoms with Gasteiger partial charge in [-0.3, -0.25) is 4.99 Å². The summed E-state index contributed by atoms with van der Waals surface area (Å²) in [5.74, 6) is 1.66. The Kier molecular flexibility index (Phi) is 9.36. The molecule has 0 atom stereocenters. The van der Waals surface area contributed by atoms with Crippen molar-refractivity contribution >= 4 is 46.6 Å². The number of halogens is 2. The highest BCUT2D eigenvalue weighted by molar-refractivity contribution is 14.0. The summed E-state index contributed by atoms with van der Waals surface area (Å²) in [7, 11) is 0. The Morgan fingerprint density at radius 1 is 1.21 bits per heavy atom. The second-order valence-corrected chi connectivity index (χ2v) is 7.13. The lowest BCUT2D eigenvalue weighted by molar-refractivity contribution is 0.372. The van der Waals surface area contributed by atoms with E-state index in [9.17, 15) is 4.39 Å². The lowest BCUT2D eigenvalue weighted by Gasteiger charge is -2.36. The predicted molar refractivity (Wildman–Crippen MR) is 125 cm³/mol. The largest absolute Gasteiger partial charge is 0.357 e. The lowest BCUT2D eigenvalue weighted by atomic mass is 10.1. The summed E-state index contributed by atoms with van der Waals surface area (Å²) in [5, 5.41) is 4.37. The van der Waals surface area contributed by atoms with Gasteiger partial charge >= 0.3 is 0 Å². The number of nitrogens with one attached hydrogen (secondary N) is 1. The molecule has 0 aliphatic carbocycles. The van der Waals surface area contributed by atoms with Gasteiger partial charge in [0, 0.05) is 57.2 Å². The van der Waals surface area contributed by atoms with Gasteiger partial charge in [-0.25, -0.2) is 9.37 Å². The summed E-state index contributed by atoms with van der Waals surface area (Å²) in [6, 6.07) is 6.90. The highest BCUT2D eigenvalue weighted by atomic mass is 127. The minimum atomic E-state index is -0.158. The fraction of sp³-hybridized carbons (Fsp3) is 0.526. The second-order valence-electron chi connectivity index (χ2n) is 6.40. The highest BCUT2D eigenvalue weighted by Crippen LogP contribution is 2.19. The van der Waals surface area contributed by atoms with Gasteiger partial charge in [-0.1, -0.05) is 25.1 Å². The quantitative estimate of drug-likeness (QED) is 0.362. The van der Waals surface area contributed by atoms with Crippen molar-refractivity contribution in [2.24, 2.45) is 4.99 Å². The molecule has 1 aliphatic heterocycles. The number of aryl methyl sites for hydroxylation is 1. The summed E-state index contributed by atoms with van der Waals surface area (Å²) in [6.45, 7) is 9.08. The van der Waals surface area contributed by atoms with Crippen molar-refractivity contribution in [2.45, 2.75) is 26.7 Å². The van der Waals surface area contributed by atoms with Crippen LogP contribution in [0.15, 0.2) is 29.3 Å². The maximum atomic E-state index is 13.8. The molecule has 0 saturated carbocycles. The SMILES string of the molecule is CCNC(=NCCc1ccccc1F)N1CCN(c2nc(CC)ns2)CC1.I. The molecule has 2 aromatic rings. The van der Waals surface area contributed by atoms with E-state index in [1.54, 1.807) is 6.07 Å². The normalized spacial score (nSPS) is 14.8. The monoisotopic (exact) mass is 518 g/mol. The number of anilines is 1. The molecule has 1 aliphatic rings. The van der Waals surface area contributed by atoms with E-state index in [1.807, 2.05) is 12.1 Å². The third-order valence-corrected chi connectivity index (χ3v) is 5.37. The van der Waals surface area contributed by atoms with E-state index in [0.717, 1.165) is 56.1 Å². The molecule has 1 saturated heterocycles. The number of aromatic nitrogens is 2. The van der Waals surface area contributed by atoms with E-state index in [0.29, 0.717) is 18.5 Å². The second kappa shape index (κ2) is 11.5. The fourth-order valence-electron chi connectivity index (χ4n) is 3.04. The molecule has 1 fully saturated rings. The standard InChI is InChI=1S/C19H27FN6S.HI/c1-3-17-23-19(27-24-17)26-13-11-25(12-14-26)18(21-4-2)22-10-9-15-7-5-6-8-16(15)20;/h5-8H,3-4,9-14H2,1-2H3,(H,21,22);1H. The fourth-order valence-corrected chi connectivity index (χ4v) is 3.84. The van der Waals surface area contributed by atoms with Gasteiger partial charge in [-0.05, 0) is 25.0 Å². The number of benzene rings is 1. The van der Waals surface area contributed by atoms with Crippen LogP contribution in [0.5, 0.6) is 0 Å². The number of rotatable bonds is 6. The number of aliphatic imine (C=N–C) groups is 1. The van der Waals surface area contributed by atoms with E-state index in [-0.39, 0.29) is 29.8 Å². The zero-order valence-corrected chi connectivity index (χ0v) is 19.5. The van der Waals surface area contributed by atoms with Crippen LogP contribution in [0.25, 0.3) is 0 Å². The average molecular weight is 518 g/mol. The summed E-state index contributed by atoms with van der Waals surface area (Å²) in [6.07, 6.45) is 1.47. The van der Waals surface area contributed by atoms with Crippen LogP contribution in [0.1, 0.15) is 25.2 Å². The molecule has 0 radical (unpaired) electrons. The maximum absolute atomic E-state index is 13.8. The van der Waals surface area contributed by atoms with E-state index in [4.69, 9.17) is 4.99 Å². The maximum Gasteiger partial charge on any atom is 0.205 e.